The van der Waals surface area contributed by atoms with Gasteiger partial charge in [-0.15, -0.1) is 0 Å². The molecule has 2 aromatic rings. The molecule has 1 fully saturated rings. The van der Waals surface area contributed by atoms with Gasteiger partial charge in [-0.25, -0.2) is 17.8 Å². The number of aromatic nitrogens is 1. The van der Waals surface area contributed by atoms with Crippen molar-refractivity contribution in [2.75, 3.05) is 36.5 Å². The van der Waals surface area contributed by atoms with Crippen LogP contribution in [0, 0.1) is 5.82 Å². The molecule has 1 aromatic carbocycles. The van der Waals surface area contributed by atoms with Gasteiger partial charge in [0.2, 0.25) is 0 Å². The summed E-state index contributed by atoms with van der Waals surface area (Å²) in [6.45, 7) is 4.77. The molecule has 1 N–H and O–H groups in total. The number of carbonyl (C=O) groups is 1. The van der Waals surface area contributed by atoms with Crippen LogP contribution in [-0.2, 0) is 15.3 Å². The molecule has 1 aliphatic heterocycles. The van der Waals surface area contributed by atoms with Crippen molar-refractivity contribution in [3.8, 4) is 0 Å². The predicted octanol–water partition coefficient (Wildman–Crippen LogP) is 2.48. The lowest BCUT2D eigenvalue weighted by Crippen LogP contribution is -2.43. The monoisotopic (exact) mass is 405 g/mol. The van der Waals surface area contributed by atoms with Crippen molar-refractivity contribution in [2.45, 2.75) is 19.3 Å². The van der Waals surface area contributed by atoms with E-state index in [-0.39, 0.29) is 36.3 Å². The number of hydrogen-bond donors (Lipinski definition) is 1. The van der Waals surface area contributed by atoms with E-state index in [0.29, 0.717) is 23.5 Å². The molecule has 0 spiro atoms. The van der Waals surface area contributed by atoms with Gasteiger partial charge in [-0.3, -0.25) is 4.79 Å². The summed E-state index contributed by atoms with van der Waals surface area (Å²) in [5.74, 6) is 0.114. The van der Waals surface area contributed by atoms with Crippen molar-refractivity contribution in [2.24, 2.45) is 0 Å². The molecule has 6 nitrogen and oxygen atoms in total. The Morgan fingerprint density at radius 1 is 1.18 bits per heavy atom. The van der Waals surface area contributed by atoms with Crippen LogP contribution in [0.5, 0.6) is 0 Å². The maximum absolute atomic E-state index is 14.1. The summed E-state index contributed by atoms with van der Waals surface area (Å²) in [6, 6.07) is 10.1. The van der Waals surface area contributed by atoms with Crippen molar-refractivity contribution in [3.05, 3.63) is 59.5 Å². The quantitative estimate of drug-likeness (QED) is 0.827. The maximum atomic E-state index is 14.1. The first-order chi connectivity index (χ1) is 13.2. The number of hydrogen-bond acceptors (Lipinski definition) is 5. The van der Waals surface area contributed by atoms with Gasteiger partial charge in [0.1, 0.15) is 11.6 Å². The van der Waals surface area contributed by atoms with Gasteiger partial charge in [0.15, 0.2) is 9.84 Å². The zero-order valence-corrected chi connectivity index (χ0v) is 16.8. The van der Waals surface area contributed by atoms with Gasteiger partial charge >= 0.3 is 0 Å². The summed E-state index contributed by atoms with van der Waals surface area (Å²) < 4.78 is 37.0. The molecule has 8 heteroatoms. The van der Waals surface area contributed by atoms with Crippen LogP contribution in [0.2, 0.25) is 0 Å². The van der Waals surface area contributed by atoms with Crippen molar-refractivity contribution < 1.29 is 17.6 Å². The number of anilines is 1. The Bertz CT molecular complexity index is 945. The van der Waals surface area contributed by atoms with Crippen LogP contribution in [0.1, 0.15) is 29.8 Å². The number of halogens is 1. The molecule has 3 rings (SSSR count). The molecular formula is C20H24FN3O3S. The fraction of sp³-hybridized carbons (Fsp3) is 0.400. The van der Waals surface area contributed by atoms with E-state index >= 15 is 0 Å². The van der Waals surface area contributed by atoms with E-state index in [2.05, 4.69) is 10.3 Å². The second-order valence-electron chi connectivity index (χ2n) is 7.59. The van der Waals surface area contributed by atoms with E-state index in [9.17, 15) is 17.6 Å². The van der Waals surface area contributed by atoms with Crippen molar-refractivity contribution in [3.63, 3.8) is 0 Å². The molecule has 150 valence electrons. The van der Waals surface area contributed by atoms with E-state index < -0.39 is 15.3 Å². The highest BCUT2D eigenvalue weighted by molar-refractivity contribution is 7.91. The summed E-state index contributed by atoms with van der Waals surface area (Å²) in [5.41, 5.74) is 0.591. The molecule has 0 radical (unpaired) electrons. The zero-order valence-electron chi connectivity index (χ0n) is 16.0. The molecule has 0 saturated carbocycles. The van der Waals surface area contributed by atoms with E-state index in [4.69, 9.17) is 0 Å². The number of carbonyl (C=O) groups excluding carboxylic acids is 1. The van der Waals surface area contributed by atoms with E-state index in [1.165, 1.54) is 17.2 Å². The standard InChI is InChI=1S/C20H24FN3O3S/c1-20(2,16-5-3-4-6-17(16)21)14-23-18-8-7-15(13-22-18)19(25)24-9-11-28(26,27)12-10-24/h3-8,13H,9-12,14H2,1-2H3,(H,22,23). The maximum Gasteiger partial charge on any atom is 0.255 e. The number of sulfone groups is 1. The van der Waals surface area contributed by atoms with Gasteiger partial charge in [-0.1, -0.05) is 32.0 Å². The van der Waals surface area contributed by atoms with Crippen molar-refractivity contribution in [1.29, 1.82) is 0 Å². The zero-order chi connectivity index (χ0) is 20.4. The van der Waals surface area contributed by atoms with E-state index in [1.54, 1.807) is 24.3 Å². The van der Waals surface area contributed by atoms with Crippen molar-refractivity contribution in [1.82, 2.24) is 9.88 Å². The minimum atomic E-state index is -3.03. The van der Waals surface area contributed by atoms with Crippen LogP contribution in [0.3, 0.4) is 0 Å². The Balaban J connectivity index is 1.62. The number of pyridine rings is 1. The average molecular weight is 405 g/mol. The lowest BCUT2D eigenvalue weighted by Gasteiger charge is -2.27. The third-order valence-corrected chi connectivity index (χ3v) is 6.57. The highest BCUT2D eigenvalue weighted by atomic mass is 32.2. The molecule has 1 aliphatic rings. The molecule has 0 aliphatic carbocycles. The average Bonchev–Trinajstić information content (AvgIpc) is 2.66. The van der Waals surface area contributed by atoms with Gasteiger partial charge in [-0.05, 0) is 23.8 Å². The highest BCUT2D eigenvalue weighted by Crippen LogP contribution is 2.26. The van der Waals surface area contributed by atoms with Crippen LogP contribution in [0.15, 0.2) is 42.6 Å². The molecule has 1 amide bonds. The van der Waals surface area contributed by atoms with Crippen LogP contribution in [-0.4, -0.2) is 55.3 Å². The molecule has 0 bridgehead atoms. The topological polar surface area (TPSA) is 79.4 Å². The minimum Gasteiger partial charge on any atom is -0.369 e. The van der Waals surface area contributed by atoms with E-state index in [0.717, 1.165) is 0 Å². The lowest BCUT2D eigenvalue weighted by molar-refractivity contribution is 0.0770. The van der Waals surface area contributed by atoms with E-state index in [1.807, 2.05) is 19.9 Å². The van der Waals surface area contributed by atoms with Gasteiger partial charge in [0.25, 0.3) is 5.91 Å². The molecule has 28 heavy (non-hydrogen) atoms. The number of nitrogens with one attached hydrogen (secondary N) is 1. The molecule has 0 atom stereocenters. The Morgan fingerprint density at radius 2 is 1.86 bits per heavy atom. The van der Waals surface area contributed by atoms with Crippen molar-refractivity contribution >= 4 is 21.6 Å². The Labute approximate surface area is 164 Å². The Kier molecular flexibility index (Phi) is 5.69. The molecule has 1 aromatic heterocycles. The first-order valence-electron chi connectivity index (χ1n) is 9.13. The SMILES string of the molecule is CC(C)(CNc1ccc(C(=O)N2CCS(=O)(=O)CC2)cn1)c1ccccc1F. The molecular weight excluding hydrogens is 381 g/mol. The van der Waals surface area contributed by atoms with Crippen LogP contribution < -0.4 is 5.32 Å². The lowest BCUT2D eigenvalue weighted by atomic mass is 9.84. The van der Waals surface area contributed by atoms with Gasteiger partial charge in [-0.2, -0.15) is 0 Å². The first-order valence-corrected chi connectivity index (χ1v) is 10.9. The number of nitrogens with zero attached hydrogens (tertiary/aromatic N) is 2. The molecule has 2 heterocycles. The smallest absolute Gasteiger partial charge is 0.255 e. The fourth-order valence-corrected chi connectivity index (χ4v) is 4.34. The van der Waals surface area contributed by atoms with Crippen LogP contribution in [0.25, 0.3) is 0 Å². The predicted molar refractivity (Wildman–Crippen MR) is 107 cm³/mol. The molecule has 0 unspecified atom stereocenters. The van der Waals surface area contributed by atoms with Gasteiger partial charge < -0.3 is 10.2 Å². The van der Waals surface area contributed by atoms with Gasteiger partial charge in [0.05, 0.1) is 17.1 Å². The number of amides is 1. The Morgan fingerprint density at radius 3 is 2.46 bits per heavy atom. The summed E-state index contributed by atoms with van der Waals surface area (Å²) in [6.07, 6.45) is 1.48. The number of benzene rings is 1. The largest absolute Gasteiger partial charge is 0.369 e. The van der Waals surface area contributed by atoms with Crippen LogP contribution >= 0.6 is 0 Å². The normalized spacial score (nSPS) is 16.6. The third kappa shape index (κ3) is 4.67. The minimum absolute atomic E-state index is 0.00304. The highest BCUT2D eigenvalue weighted by Gasteiger charge is 2.26. The second kappa shape index (κ2) is 7.87. The Hall–Kier alpha value is -2.48. The van der Waals surface area contributed by atoms with Gasteiger partial charge in [0, 0.05) is 31.2 Å². The number of rotatable bonds is 5. The second-order valence-corrected chi connectivity index (χ2v) is 9.90. The summed E-state index contributed by atoms with van der Waals surface area (Å²) in [4.78, 5) is 18.3. The van der Waals surface area contributed by atoms with Crippen LogP contribution in [0.4, 0.5) is 10.2 Å². The first kappa shape index (κ1) is 20.3. The summed E-state index contributed by atoms with van der Waals surface area (Å²) in [7, 11) is -3.03. The summed E-state index contributed by atoms with van der Waals surface area (Å²) >= 11 is 0. The third-order valence-electron chi connectivity index (χ3n) is 4.96. The summed E-state index contributed by atoms with van der Waals surface area (Å²) in [5, 5.41) is 3.19. The molecule has 1 saturated heterocycles. The fourth-order valence-electron chi connectivity index (χ4n) is 3.14.